The highest BCUT2D eigenvalue weighted by Crippen LogP contribution is 2.18. The van der Waals surface area contributed by atoms with Crippen molar-refractivity contribution in [3.05, 3.63) is 84.4 Å². The van der Waals surface area contributed by atoms with Crippen LogP contribution < -0.4 is 10.6 Å². The molecular formula is C23H23N5O. The second kappa shape index (κ2) is 9.01. The lowest BCUT2D eigenvalue weighted by molar-refractivity contribution is 0.572. The highest BCUT2D eigenvalue weighted by molar-refractivity contribution is 5.82. The quantitative estimate of drug-likeness (QED) is 0.390. The van der Waals surface area contributed by atoms with E-state index < -0.39 is 0 Å². The van der Waals surface area contributed by atoms with E-state index >= 15 is 0 Å². The minimum atomic E-state index is 0.534. The molecule has 0 bridgehead atoms. The number of aromatic nitrogens is 2. The van der Waals surface area contributed by atoms with Crippen LogP contribution in [0.5, 0.6) is 0 Å². The lowest BCUT2D eigenvalue weighted by Gasteiger charge is -2.11. The fraction of sp³-hybridized carbons (Fsp3) is 0.174. The van der Waals surface area contributed by atoms with E-state index in [9.17, 15) is 0 Å². The number of pyridine rings is 1. The number of nitrogens with one attached hydrogen (secondary N) is 2. The first-order chi connectivity index (χ1) is 14.3. The van der Waals surface area contributed by atoms with Gasteiger partial charge in [0.15, 0.2) is 5.96 Å². The van der Waals surface area contributed by atoms with Crippen LogP contribution in [0.15, 0.2) is 82.5 Å². The number of oxazole rings is 1. The van der Waals surface area contributed by atoms with E-state index in [-0.39, 0.29) is 0 Å². The average molecular weight is 385 g/mol. The van der Waals surface area contributed by atoms with Gasteiger partial charge in [0.2, 0.25) is 5.89 Å². The zero-order valence-electron chi connectivity index (χ0n) is 16.3. The molecule has 29 heavy (non-hydrogen) atoms. The van der Waals surface area contributed by atoms with Gasteiger partial charge in [-0.2, -0.15) is 0 Å². The molecule has 146 valence electrons. The van der Waals surface area contributed by atoms with Crippen LogP contribution in [0.25, 0.3) is 22.4 Å². The lowest BCUT2D eigenvalue weighted by atomic mass is 10.1. The second-order valence-corrected chi connectivity index (χ2v) is 6.60. The van der Waals surface area contributed by atoms with Crippen molar-refractivity contribution < 1.29 is 4.42 Å². The SMILES string of the molecule is CN=C(NCCc1cccc2cccnc12)NCc1coc(-c2ccccc2)n1. The predicted octanol–water partition coefficient (Wildman–Crippen LogP) is 3.80. The standard InChI is InChI=1S/C23H23N5O/c1-24-23(26-14-12-18-10-5-9-17-11-6-13-25-21(17)18)27-15-20-16-29-22(28-20)19-7-3-2-4-8-19/h2-11,13,16H,12,14-15H2,1H3,(H2,24,26,27). The van der Waals surface area contributed by atoms with Gasteiger partial charge in [0.05, 0.1) is 17.8 Å². The number of para-hydroxylation sites is 1. The zero-order valence-corrected chi connectivity index (χ0v) is 16.3. The number of fused-ring (bicyclic) bond motifs is 1. The summed E-state index contributed by atoms with van der Waals surface area (Å²) in [7, 11) is 1.76. The first kappa shape index (κ1) is 18.7. The molecule has 2 N–H and O–H groups in total. The van der Waals surface area contributed by atoms with Gasteiger partial charge in [-0.1, -0.05) is 42.5 Å². The highest BCUT2D eigenvalue weighted by Gasteiger charge is 2.07. The Hall–Kier alpha value is -3.67. The molecule has 0 amide bonds. The van der Waals surface area contributed by atoms with E-state index in [1.54, 1.807) is 13.3 Å². The maximum Gasteiger partial charge on any atom is 0.226 e. The maximum atomic E-state index is 5.58. The molecule has 0 saturated carbocycles. The summed E-state index contributed by atoms with van der Waals surface area (Å²) in [6.07, 6.45) is 4.36. The molecule has 6 nitrogen and oxygen atoms in total. The molecule has 2 heterocycles. The number of aliphatic imine (C=N–C) groups is 1. The number of rotatable bonds is 6. The Bertz CT molecular complexity index is 1100. The Kier molecular flexibility index (Phi) is 5.81. The van der Waals surface area contributed by atoms with Crippen LogP contribution in [-0.2, 0) is 13.0 Å². The van der Waals surface area contributed by atoms with Crippen molar-refractivity contribution in [3.8, 4) is 11.5 Å². The van der Waals surface area contributed by atoms with Crippen LogP contribution in [-0.4, -0.2) is 29.5 Å². The Labute approximate surface area is 169 Å². The van der Waals surface area contributed by atoms with Crippen LogP contribution in [0.1, 0.15) is 11.3 Å². The minimum Gasteiger partial charge on any atom is -0.444 e. The third-order valence-electron chi connectivity index (χ3n) is 4.64. The van der Waals surface area contributed by atoms with Gasteiger partial charge in [0.1, 0.15) is 6.26 Å². The summed E-state index contributed by atoms with van der Waals surface area (Å²) >= 11 is 0. The van der Waals surface area contributed by atoms with Crippen LogP contribution in [0, 0.1) is 0 Å². The van der Waals surface area contributed by atoms with Crippen molar-refractivity contribution in [1.29, 1.82) is 0 Å². The van der Waals surface area contributed by atoms with E-state index in [2.05, 4.69) is 49.9 Å². The van der Waals surface area contributed by atoms with Gasteiger partial charge in [0, 0.05) is 30.7 Å². The number of benzene rings is 2. The molecule has 4 aromatic rings. The topological polar surface area (TPSA) is 75.3 Å². The summed E-state index contributed by atoms with van der Waals surface area (Å²) in [5, 5.41) is 7.78. The van der Waals surface area contributed by atoms with E-state index in [0.29, 0.717) is 12.4 Å². The molecule has 4 rings (SSSR count). The monoisotopic (exact) mass is 385 g/mol. The van der Waals surface area contributed by atoms with Gasteiger partial charge >= 0.3 is 0 Å². The van der Waals surface area contributed by atoms with Crippen LogP contribution >= 0.6 is 0 Å². The normalized spacial score (nSPS) is 11.6. The molecule has 0 atom stereocenters. The van der Waals surface area contributed by atoms with E-state index in [1.807, 2.05) is 42.6 Å². The third kappa shape index (κ3) is 4.60. The molecule has 0 unspecified atom stereocenters. The number of nitrogens with zero attached hydrogens (tertiary/aromatic N) is 3. The first-order valence-electron chi connectivity index (χ1n) is 9.60. The number of hydrogen-bond donors (Lipinski definition) is 2. The molecule has 0 aliphatic rings. The molecule has 2 aromatic carbocycles. The van der Waals surface area contributed by atoms with E-state index in [0.717, 1.165) is 41.1 Å². The van der Waals surface area contributed by atoms with Crippen molar-refractivity contribution >= 4 is 16.9 Å². The number of guanidine groups is 1. The minimum absolute atomic E-state index is 0.534. The Morgan fingerprint density at radius 3 is 2.72 bits per heavy atom. The molecule has 0 fully saturated rings. The largest absolute Gasteiger partial charge is 0.444 e. The zero-order chi connectivity index (χ0) is 19.9. The molecule has 0 radical (unpaired) electrons. The summed E-state index contributed by atoms with van der Waals surface area (Å²) < 4.78 is 5.58. The van der Waals surface area contributed by atoms with Crippen LogP contribution in [0.4, 0.5) is 0 Å². The molecule has 0 aliphatic heterocycles. The molecule has 0 spiro atoms. The van der Waals surface area contributed by atoms with Crippen LogP contribution in [0.2, 0.25) is 0 Å². The molecule has 0 saturated heterocycles. The van der Waals surface area contributed by atoms with Crippen molar-refractivity contribution in [3.63, 3.8) is 0 Å². The summed E-state index contributed by atoms with van der Waals surface area (Å²) in [6, 6.07) is 20.2. The molecular weight excluding hydrogens is 362 g/mol. The number of hydrogen-bond acceptors (Lipinski definition) is 4. The average Bonchev–Trinajstić information content (AvgIpc) is 3.26. The van der Waals surface area contributed by atoms with E-state index in [1.165, 1.54) is 5.56 Å². The Balaban J connectivity index is 1.31. The van der Waals surface area contributed by atoms with Crippen LogP contribution in [0.3, 0.4) is 0 Å². The maximum absolute atomic E-state index is 5.58. The highest BCUT2D eigenvalue weighted by atomic mass is 16.3. The van der Waals surface area contributed by atoms with Crippen molar-refractivity contribution in [2.75, 3.05) is 13.6 Å². The fourth-order valence-corrected chi connectivity index (χ4v) is 3.18. The summed E-state index contributed by atoms with van der Waals surface area (Å²) in [6.45, 7) is 1.29. The summed E-state index contributed by atoms with van der Waals surface area (Å²) in [4.78, 5) is 13.3. The molecule has 0 aliphatic carbocycles. The molecule has 2 aromatic heterocycles. The van der Waals surface area contributed by atoms with Gasteiger partial charge in [-0.25, -0.2) is 4.98 Å². The van der Waals surface area contributed by atoms with Crippen molar-refractivity contribution in [2.24, 2.45) is 4.99 Å². The van der Waals surface area contributed by atoms with Crippen molar-refractivity contribution in [2.45, 2.75) is 13.0 Å². The van der Waals surface area contributed by atoms with Gasteiger partial charge in [-0.15, -0.1) is 0 Å². The second-order valence-electron chi connectivity index (χ2n) is 6.60. The first-order valence-corrected chi connectivity index (χ1v) is 9.60. The fourth-order valence-electron chi connectivity index (χ4n) is 3.18. The van der Waals surface area contributed by atoms with Gasteiger partial charge in [-0.05, 0) is 30.2 Å². The Morgan fingerprint density at radius 2 is 1.86 bits per heavy atom. The summed E-state index contributed by atoms with van der Waals surface area (Å²) in [5.74, 6) is 1.34. The predicted molar refractivity (Wildman–Crippen MR) is 116 cm³/mol. The summed E-state index contributed by atoms with van der Waals surface area (Å²) in [5.41, 5.74) is 4.06. The third-order valence-corrected chi connectivity index (χ3v) is 4.64. The smallest absolute Gasteiger partial charge is 0.226 e. The van der Waals surface area contributed by atoms with E-state index in [4.69, 9.17) is 4.42 Å². The van der Waals surface area contributed by atoms with Gasteiger partial charge < -0.3 is 15.1 Å². The lowest BCUT2D eigenvalue weighted by Crippen LogP contribution is -2.37. The van der Waals surface area contributed by atoms with Crippen molar-refractivity contribution in [1.82, 2.24) is 20.6 Å². The van der Waals surface area contributed by atoms with Gasteiger partial charge in [-0.3, -0.25) is 9.98 Å². The van der Waals surface area contributed by atoms with Gasteiger partial charge in [0.25, 0.3) is 0 Å². The Morgan fingerprint density at radius 1 is 1.00 bits per heavy atom. The molecule has 6 heteroatoms.